The Kier molecular flexibility index (Phi) is 7.08. The summed E-state index contributed by atoms with van der Waals surface area (Å²) in [7, 11) is -3.51. The zero-order valence-corrected chi connectivity index (χ0v) is 22.8. The van der Waals surface area contributed by atoms with E-state index in [-0.39, 0.29) is 53.6 Å². The number of carbonyl (C=O) groups is 2. The number of anilines is 2. The molecule has 2 bridgehead atoms. The van der Waals surface area contributed by atoms with Crippen LogP contribution in [0.2, 0.25) is 0 Å². The highest BCUT2D eigenvalue weighted by molar-refractivity contribution is 7.89. The van der Waals surface area contributed by atoms with E-state index in [1.807, 2.05) is 28.8 Å². The molecular weight excluding hydrogens is 506 g/mol. The fraction of sp³-hybridized carbons (Fsp3) is 0.519. The molecule has 0 saturated carbocycles. The lowest BCUT2D eigenvalue weighted by atomic mass is 9.69. The van der Waals surface area contributed by atoms with Crippen LogP contribution in [0.15, 0.2) is 41.2 Å². The number of pyridine rings is 1. The summed E-state index contributed by atoms with van der Waals surface area (Å²) in [5.41, 5.74) is 3.60. The van der Waals surface area contributed by atoms with E-state index < -0.39 is 15.9 Å². The maximum absolute atomic E-state index is 13.7. The Hall–Kier alpha value is -3.18. The van der Waals surface area contributed by atoms with Gasteiger partial charge in [0.05, 0.1) is 11.7 Å². The molecule has 204 valence electrons. The molecule has 10 nitrogen and oxygen atoms in total. The van der Waals surface area contributed by atoms with Gasteiger partial charge in [-0.1, -0.05) is 6.07 Å². The first-order valence-corrected chi connectivity index (χ1v) is 14.8. The number of benzene rings is 1. The molecule has 1 aromatic heterocycles. The van der Waals surface area contributed by atoms with Crippen LogP contribution in [0.5, 0.6) is 0 Å². The van der Waals surface area contributed by atoms with Crippen LogP contribution >= 0.6 is 0 Å². The maximum atomic E-state index is 13.7. The molecule has 3 aliphatic heterocycles. The molecule has 11 heteroatoms. The summed E-state index contributed by atoms with van der Waals surface area (Å²) in [6.45, 7) is 6.33. The number of sulfonamides is 1. The fourth-order valence-electron chi connectivity index (χ4n) is 6.46. The van der Waals surface area contributed by atoms with Crippen LogP contribution in [0.1, 0.15) is 44.4 Å². The smallest absolute Gasteiger partial charge is 0.250 e. The highest BCUT2D eigenvalue weighted by atomic mass is 32.2. The van der Waals surface area contributed by atoms with Crippen LogP contribution in [0, 0.1) is 11.8 Å². The normalized spacial score (nSPS) is 23.7. The minimum atomic E-state index is -3.51. The molecule has 5 rings (SSSR count). The van der Waals surface area contributed by atoms with E-state index >= 15 is 0 Å². The quantitative estimate of drug-likeness (QED) is 0.486. The number of carbonyl (C=O) groups excluding carboxylic acids is 2. The van der Waals surface area contributed by atoms with Crippen LogP contribution in [-0.4, -0.2) is 55.7 Å². The molecule has 3 aliphatic rings. The number of aromatic nitrogens is 1. The number of nitrogens with zero attached hydrogens (tertiary/aromatic N) is 2. The van der Waals surface area contributed by atoms with Crippen molar-refractivity contribution in [2.75, 3.05) is 29.1 Å². The number of rotatable bonds is 7. The second kappa shape index (κ2) is 10.2. The van der Waals surface area contributed by atoms with Crippen molar-refractivity contribution >= 4 is 33.2 Å². The topological polar surface area (TPSA) is 130 Å². The largest absolute Gasteiger partial charge is 0.366 e. The van der Waals surface area contributed by atoms with Crippen molar-refractivity contribution in [3.8, 4) is 0 Å². The van der Waals surface area contributed by atoms with Gasteiger partial charge in [-0.15, -0.1) is 0 Å². The van der Waals surface area contributed by atoms with E-state index in [9.17, 15) is 22.8 Å². The van der Waals surface area contributed by atoms with Crippen LogP contribution in [-0.2, 0) is 32.6 Å². The standard InChI is InChI=1S/C27H35N5O5S/c1-16(2)30-38(36,37)10-9-28-27(35)22-13-19-12-20(29-17(3)33)7-8-23(19)32-15-18-11-21(26(22)32)24-5-4-6-25(34)31(24)14-18/h4-8,12,16,18,21-22,26,30H,9-11,13-15H2,1-3H3,(H,28,35)(H,29,33)/t18-,21+,22+,26+/m0/s1. The lowest BCUT2D eigenvalue weighted by molar-refractivity contribution is -0.126. The van der Waals surface area contributed by atoms with Gasteiger partial charge in [-0.05, 0) is 62.4 Å². The summed E-state index contributed by atoms with van der Waals surface area (Å²) in [5, 5.41) is 5.71. The molecule has 1 saturated heterocycles. The Morgan fingerprint density at radius 2 is 1.92 bits per heavy atom. The van der Waals surface area contributed by atoms with Crippen molar-refractivity contribution in [2.45, 2.75) is 58.2 Å². The van der Waals surface area contributed by atoms with E-state index in [0.29, 0.717) is 25.2 Å². The second-order valence-electron chi connectivity index (χ2n) is 11.0. The van der Waals surface area contributed by atoms with Gasteiger partial charge in [-0.3, -0.25) is 14.4 Å². The Bertz CT molecular complexity index is 1420. The van der Waals surface area contributed by atoms with Gasteiger partial charge in [0.1, 0.15) is 0 Å². The lowest BCUT2D eigenvalue weighted by Gasteiger charge is -2.54. The molecule has 38 heavy (non-hydrogen) atoms. The predicted molar refractivity (Wildman–Crippen MR) is 146 cm³/mol. The van der Waals surface area contributed by atoms with Gasteiger partial charge in [-0.25, -0.2) is 13.1 Å². The van der Waals surface area contributed by atoms with Crippen molar-refractivity contribution < 1.29 is 18.0 Å². The average Bonchev–Trinajstić information content (AvgIpc) is 2.82. The molecule has 0 unspecified atom stereocenters. The number of piperidine rings is 1. The molecule has 4 heterocycles. The molecule has 2 aromatic rings. The van der Waals surface area contributed by atoms with Crippen molar-refractivity contribution in [1.29, 1.82) is 0 Å². The van der Waals surface area contributed by atoms with Crippen molar-refractivity contribution in [2.24, 2.45) is 11.8 Å². The van der Waals surface area contributed by atoms with Crippen LogP contribution in [0.25, 0.3) is 0 Å². The molecule has 2 amide bonds. The number of hydrogen-bond donors (Lipinski definition) is 3. The van der Waals surface area contributed by atoms with E-state index in [2.05, 4.69) is 20.3 Å². The minimum absolute atomic E-state index is 0.00618. The maximum Gasteiger partial charge on any atom is 0.250 e. The van der Waals surface area contributed by atoms with E-state index in [1.165, 1.54) is 6.92 Å². The van der Waals surface area contributed by atoms with Crippen LogP contribution in [0.4, 0.5) is 11.4 Å². The predicted octanol–water partition coefficient (Wildman–Crippen LogP) is 1.42. The lowest BCUT2D eigenvalue weighted by Crippen LogP contribution is -2.60. The number of fused-ring (bicyclic) bond motifs is 8. The summed E-state index contributed by atoms with van der Waals surface area (Å²) in [6, 6.07) is 10.8. The average molecular weight is 542 g/mol. The third kappa shape index (κ3) is 5.22. The first-order chi connectivity index (χ1) is 18.0. The Morgan fingerprint density at radius 1 is 1.13 bits per heavy atom. The van der Waals surface area contributed by atoms with Crippen molar-refractivity contribution in [3.63, 3.8) is 0 Å². The highest BCUT2D eigenvalue weighted by Crippen LogP contribution is 2.48. The van der Waals surface area contributed by atoms with E-state index in [4.69, 9.17) is 0 Å². The summed E-state index contributed by atoms with van der Waals surface area (Å²) in [6.07, 6.45) is 1.34. The van der Waals surface area contributed by atoms with Gasteiger partial charge < -0.3 is 20.1 Å². The van der Waals surface area contributed by atoms with E-state index in [1.54, 1.807) is 26.0 Å². The first-order valence-electron chi connectivity index (χ1n) is 13.2. The molecular formula is C27H35N5O5S. The molecule has 0 spiro atoms. The highest BCUT2D eigenvalue weighted by Gasteiger charge is 2.49. The first kappa shape index (κ1) is 26.4. The number of hydrogen-bond acceptors (Lipinski definition) is 6. The van der Waals surface area contributed by atoms with Crippen molar-refractivity contribution in [1.82, 2.24) is 14.6 Å². The molecule has 0 radical (unpaired) electrons. The zero-order valence-electron chi connectivity index (χ0n) is 21.9. The van der Waals surface area contributed by atoms with E-state index in [0.717, 1.165) is 23.4 Å². The summed E-state index contributed by atoms with van der Waals surface area (Å²) in [4.78, 5) is 40.3. The molecule has 3 N–H and O–H groups in total. The molecule has 0 aliphatic carbocycles. The number of amides is 2. The van der Waals surface area contributed by atoms with Gasteiger partial charge >= 0.3 is 0 Å². The monoisotopic (exact) mass is 541 g/mol. The third-order valence-electron chi connectivity index (χ3n) is 7.70. The molecule has 1 aromatic carbocycles. The van der Waals surface area contributed by atoms with Gasteiger partial charge in [-0.2, -0.15) is 0 Å². The van der Waals surface area contributed by atoms with Gasteiger partial charge in [0.25, 0.3) is 5.56 Å². The summed E-state index contributed by atoms with van der Waals surface area (Å²) < 4.78 is 29.0. The molecule has 1 fully saturated rings. The van der Waals surface area contributed by atoms with Gasteiger partial charge in [0, 0.05) is 67.7 Å². The van der Waals surface area contributed by atoms with Crippen LogP contribution < -0.4 is 25.8 Å². The Labute approximate surface area is 222 Å². The third-order valence-corrected chi connectivity index (χ3v) is 9.27. The summed E-state index contributed by atoms with van der Waals surface area (Å²) >= 11 is 0. The Balaban J connectivity index is 1.48. The SMILES string of the molecule is CC(=O)Nc1ccc2c(c1)C[C@@H](C(=O)NCCS(=O)(=O)NC(C)C)[C@H]1[C@@H]3C[C@H](CN21)Cn1c3cccc1=O. The van der Waals surface area contributed by atoms with Gasteiger partial charge in [0.15, 0.2) is 0 Å². The Morgan fingerprint density at radius 3 is 2.66 bits per heavy atom. The minimum Gasteiger partial charge on any atom is -0.366 e. The van der Waals surface area contributed by atoms with Gasteiger partial charge in [0.2, 0.25) is 21.8 Å². The van der Waals surface area contributed by atoms with Crippen LogP contribution in [0.3, 0.4) is 0 Å². The van der Waals surface area contributed by atoms with Crippen molar-refractivity contribution in [3.05, 3.63) is 58.0 Å². The fourth-order valence-corrected chi connectivity index (χ4v) is 7.67. The summed E-state index contributed by atoms with van der Waals surface area (Å²) in [5.74, 6) is -0.778. The number of nitrogens with one attached hydrogen (secondary N) is 3. The second-order valence-corrected chi connectivity index (χ2v) is 12.8. The molecule has 4 atom stereocenters. The zero-order chi connectivity index (χ0) is 27.2.